The van der Waals surface area contributed by atoms with Crippen LogP contribution in [0.1, 0.15) is 6.99 Å². The number of hydrogen-bond acceptors (Lipinski definition) is 5. The van der Waals surface area contributed by atoms with Crippen LogP contribution in [0, 0.1) is 6.92 Å². The van der Waals surface area contributed by atoms with Gasteiger partial charge in [-0.2, -0.15) is 0 Å². The van der Waals surface area contributed by atoms with Gasteiger partial charge in [0.25, 0.3) is 5.56 Å². The predicted octanol–water partition coefficient (Wildman–Crippen LogP) is -2.90. The maximum atomic E-state index is 11.9. The maximum absolute atomic E-state index is 11.9. The van der Waals surface area contributed by atoms with Crippen molar-refractivity contribution in [3.05, 3.63) is 46.6 Å². The second-order valence-corrected chi connectivity index (χ2v) is 3.56. The monoisotopic (exact) mass is 268 g/mol. The number of hydrogen-bond donors (Lipinski definition) is 0. The molecule has 7 nitrogen and oxygen atoms in total. The average molecular weight is 268 g/mol. The van der Waals surface area contributed by atoms with Crippen molar-refractivity contribution in [1.29, 1.82) is 0 Å². The molecule has 0 radical (unpaired) electrons. The Morgan fingerprint density at radius 1 is 1.39 bits per heavy atom. The first-order chi connectivity index (χ1) is 8.25. The maximum Gasteiger partial charge on any atom is 1.00 e. The first-order valence-corrected chi connectivity index (χ1v) is 4.98. The van der Waals surface area contributed by atoms with Gasteiger partial charge in [-0.1, -0.05) is 6.07 Å². The van der Waals surface area contributed by atoms with Crippen molar-refractivity contribution in [1.82, 2.24) is 29.6 Å². The van der Waals surface area contributed by atoms with Gasteiger partial charge in [0.2, 0.25) is 0 Å². The third kappa shape index (κ3) is 2.29. The smallest absolute Gasteiger partial charge is 1.00 e. The molecule has 18 heavy (non-hydrogen) atoms. The molecule has 3 heterocycles. The molecule has 0 amide bonds. The molecule has 0 spiro atoms. The van der Waals surface area contributed by atoms with Crippen LogP contribution >= 0.6 is 0 Å². The average Bonchev–Trinajstić information content (AvgIpc) is 2.84. The third-order valence-electron chi connectivity index (χ3n) is 2.43. The normalized spacial score (nSPS) is 10.3. The summed E-state index contributed by atoms with van der Waals surface area (Å²) in [5.41, 5.74) is 1.32. The van der Waals surface area contributed by atoms with Gasteiger partial charge in [-0.25, -0.2) is 4.98 Å². The van der Waals surface area contributed by atoms with Gasteiger partial charge in [-0.3, -0.25) is 9.20 Å². The number of pyridine rings is 1. The van der Waals surface area contributed by atoms with Crippen LogP contribution in [-0.4, -0.2) is 29.6 Å². The van der Waals surface area contributed by atoms with Crippen LogP contribution in [0.2, 0.25) is 0 Å². The Balaban J connectivity index is 0.000000902. The van der Waals surface area contributed by atoms with E-state index >= 15 is 0 Å². The predicted molar refractivity (Wildman–Crippen MR) is 60.0 cm³/mol. The summed E-state index contributed by atoms with van der Waals surface area (Å²) in [5, 5.41) is 11.1. The molecule has 0 fully saturated rings. The Labute approximate surface area is 146 Å². The molecule has 3 rings (SSSR count). The fourth-order valence-electron chi connectivity index (χ4n) is 1.62. The molecule has 0 aromatic carbocycles. The van der Waals surface area contributed by atoms with Crippen molar-refractivity contribution in [3.63, 3.8) is 0 Å². The SMILES string of the molecule is Cc1cccn2c(=O)cc(-n3ncnn3)nc12.[H-].[K+]. The summed E-state index contributed by atoms with van der Waals surface area (Å²) < 4.78 is 1.48. The summed E-state index contributed by atoms with van der Waals surface area (Å²) in [6, 6.07) is 5.06. The zero-order valence-corrected chi connectivity index (χ0v) is 13.1. The number of rotatable bonds is 1. The zero-order valence-electron chi connectivity index (χ0n) is 11.0. The first-order valence-electron chi connectivity index (χ1n) is 4.98. The molecule has 0 saturated heterocycles. The Hall–Kier alpha value is -0.934. The van der Waals surface area contributed by atoms with Gasteiger partial charge in [-0.15, -0.1) is 15.0 Å². The van der Waals surface area contributed by atoms with Crippen molar-refractivity contribution in [2.75, 3.05) is 0 Å². The van der Waals surface area contributed by atoms with Crippen LogP contribution < -0.4 is 56.9 Å². The molecule has 0 unspecified atom stereocenters. The van der Waals surface area contributed by atoms with E-state index < -0.39 is 0 Å². The molecular formula is C10H9KN6O. The topological polar surface area (TPSA) is 78.0 Å². The molecule has 0 saturated carbocycles. The summed E-state index contributed by atoms with van der Waals surface area (Å²) >= 11 is 0. The number of nitrogens with zero attached hydrogens (tertiary/aromatic N) is 6. The Morgan fingerprint density at radius 3 is 2.94 bits per heavy atom. The fraction of sp³-hybridized carbons (Fsp3) is 0.100. The minimum atomic E-state index is -0.175. The molecular weight excluding hydrogens is 259 g/mol. The van der Waals surface area contributed by atoms with Crippen LogP contribution in [0.15, 0.2) is 35.5 Å². The van der Waals surface area contributed by atoms with E-state index in [1.165, 1.54) is 21.6 Å². The molecule has 86 valence electrons. The van der Waals surface area contributed by atoms with E-state index in [1.807, 2.05) is 13.0 Å². The van der Waals surface area contributed by atoms with E-state index in [2.05, 4.69) is 20.4 Å². The molecule has 3 aromatic rings. The van der Waals surface area contributed by atoms with Crippen molar-refractivity contribution < 1.29 is 52.8 Å². The number of tetrazole rings is 1. The van der Waals surface area contributed by atoms with Gasteiger partial charge in [0.05, 0.1) is 6.07 Å². The quantitative estimate of drug-likeness (QED) is 0.442. The molecule has 0 atom stereocenters. The van der Waals surface area contributed by atoms with Crippen molar-refractivity contribution in [3.8, 4) is 5.82 Å². The van der Waals surface area contributed by atoms with Crippen molar-refractivity contribution in [2.24, 2.45) is 0 Å². The molecule has 8 heteroatoms. The molecule has 0 bridgehead atoms. The first kappa shape index (κ1) is 13.5. The second-order valence-electron chi connectivity index (χ2n) is 3.56. The summed E-state index contributed by atoms with van der Waals surface area (Å²) in [6.07, 6.45) is 2.97. The molecule has 0 aliphatic rings. The van der Waals surface area contributed by atoms with E-state index in [-0.39, 0.29) is 58.4 Å². The van der Waals surface area contributed by atoms with Crippen LogP contribution in [0.4, 0.5) is 0 Å². The van der Waals surface area contributed by atoms with Gasteiger partial charge < -0.3 is 1.43 Å². The summed E-state index contributed by atoms with van der Waals surface area (Å²) in [7, 11) is 0. The van der Waals surface area contributed by atoms with E-state index in [9.17, 15) is 4.79 Å². The van der Waals surface area contributed by atoms with Gasteiger partial charge in [0, 0.05) is 6.20 Å². The zero-order chi connectivity index (χ0) is 11.8. The van der Waals surface area contributed by atoms with E-state index in [0.717, 1.165) is 5.56 Å². The molecule has 3 aromatic heterocycles. The summed E-state index contributed by atoms with van der Waals surface area (Å²) in [5.74, 6) is 0.363. The molecule has 0 N–H and O–H groups in total. The van der Waals surface area contributed by atoms with Crippen LogP contribution in [-0.2, 0) is 0 Å². The van der Waals surface area contributed by atoms with Crippen molar-refractivity contribution in [2.45, 2.75) is 6.92 Å². The van der Waals surface area contributed by atoms with Crippen LogP contribution in [0.5, 0.6) is 0 Å². The third-order valence-corrected chi connectivity index (χ3v) is 2.43. The van der Waals surface area contributed by atoms with E-state index in [1.54, 1.807) is 12.3 Å². The Bertz CT molecular complexity index is 741. The van der Waals surface area contributed by atoms with Gasteiger partial charge >= 0.3 is 51.4 Å². The van der Waals surface area contributed by atoms with Crippen molar-refractivity contribution >= 4 is 5.65 Å². The standard InChI is InChI=1S/C10H8N6O.K.H/c1-7-3-2-4-15-9(17)5-8(13-10(7)15)16-12-6-11-14-16;;/h2-6H,1H3;;/q;+1;-1. The van der Waals surface area contributed by atoms with Crippen LogP contribution in [0.25, 0.3) is 11.5 Å². The minimum Gasteiger partial charge on any atom is -1.00 e. The Kier molecular flexibility index (Phi) is 4.02. The number of aryl methyl sites for hydroxylation is 1. The van der Waals surface area contributed by atoms with Gasteiger partial charge in [0.1, 0.15) is 5.65 Å². The number of aromatic nitrogens is 6. The Morgan fingerprint density at radius 2 is 2.22 bits per heavy atom. The summed E-state index contributed by atoms with van der Waals surface area (Å²) in [6.45, 7) is 1.89. The van der Waals surface area contributed by atoms with Crippen LogP contribution in [0.3, 0.4) is 0 Å². The van der Waals surface area contributed by atoms with E-state index in [0.29, 0.717) is 11.5 Å². The minimum absolute atomic E-state index is 0. The molecule has 0 aliphatic heterocycles. The molecule has 0 aliphatic carbocycles. The summed E-state index contributed by atoms with van der Waals surface area (Å²) in [4.78, 5) is 17.4. The van der Waals surface area contributed by atoms with E-state index in [4.69, 9.17) is 0 Å². The number of fused-ring (bicyclic) bond motifs is 1. The largest absolute Gasteiger partial charge is 1.00 e. The van der Waals surface area contributed by atoms with Gasteiger partial charge in [0.15, 0.2) is 12.1 Å². The fourth-order valence-corrected chi connectivity index (χ4v) is 1.62. The van der Waals surface area contributed by atoms with Gasteiger partial charge in [-0.05, 0) is 23.8 Å². The second kappa shape index (κ2) is 5.37.